The van der Waals surface area contributed by atoms with E-state index in [1.165, 1.54) is 4.57 Å². The third-order valence-corrected chi connectivity index (χ3v) is 9.31. The molecule has 9 aromatic rings. The normalized spacial score (nSPS) is 17.8. The van der Waals surface area contributed by atoms with E-state index in [1.54, 1.807) is 24.3 Å². The Morgan fingerprint density at radius 3 is 1.85 bits per heavy atom. The van der Waals surface area contributed by atoms with Gasteiger partial charge in [-0.05, 0) is 63.6 Å². The smallest absolute Gasteiger partial charge is 0.164 e. The standard InChI is InChI=1S/C48H34N4/c1-48(2)41-22-11-9-20-37(41)39-30-44-40(29-42(39)48)38-21-10-12-23-43(38)52(44)36-19-13-18-35(28-36)47-50-45(33-16-7-4-8-17-33)49-46(51-47)34-26-24-32(25-27-34)31-14-5-3-6-15-31/h3-30H,1-2H3/i1D3,2D3,9D,10D,11D,12D,20D,21D,22D,23D,29D,30D. The predicted molar refractivity (Wildman–Crippen MR) is 213 cm³/mol. The van der Waals surface area contributed by atoms with Crippen LogP contribution in [0.25, 0.3) is 83.9 Å². The lowest BCUT2D eigenvalue weighted by Gasteiger charge is -2.21. The van der Waals surface area contributed by atoms with E-state index in [-0.39, 0.29) is 33.3 Å². The molecular formula is C48H34N4. The molecule has 2 heterocycles. The average Bonchev–Trinajstić information content (AvgIpc) is 3.88. The lowest BCUT2D eigenvalue weighted by molar-refractivity contribution is 0.661. The fourth-order valence-corrected chi connectivity index (χ4v) is 6.82. The summed E-state index contributed by atoms with van der Waals surface area (Å²) in [4.78, 5) is 14.6. The molecule has 0 fully saturated rings. The molecule has 52 heavy (non-hydrogen) atoms. The Labute approximate surface area is 325 Å². The average molecular weight is 683 g/mol. The van der Waals surface area contributed by atoms with Gasteiger partial charge in [-0.15, -0.1) is 0 Å². The number of hydrogen-bond donors (Lipinski definition) is 0. The fourth-order valence-electron chi connectivity index (χ4n) is 6.82. The minimum atomic E-state index is -3.62. The lowest BCUT2D eigenvalue weighted by atomic mass is 9.82. The van der Waals surface area contributed by atoms with Gasteiger partial charge in [0.2, 0.25) is 0 Å². The summed E-state index contributed by atoms with van der Waals surface area (Å²) in [5, 5.41) is -0.694. The van der Waals surface area contributed by atoms with E-state index in [4.69, 9.17) is 31.4 Å². The largest absolute Gasteiger partial charge is 0.309 e. The molecule has 1 aliphatic carbocycles. The highest BCUT2D eigenvalue weighted by Gasteiger charge is 2.36. The van der Waals surface area contributed by atoms with Crippen molar-refractivity contribution < 1.29 is 21.9 Å². The Kier molecular flexibility index (Phi) is 4.06. The minimum absolute atomic E-state index is 0.168. The van der Waals surface area contributed by atoms with Gasteiger partial charge in [0, 0.05) is 46.8 Å². The van der Waals surface area contributed by atoms with Gasteiger partial charge < -0.3 is 4.57 Å². The Hall–Kier alpha value is -6.65. The van der Waals surface area contributed by atoms with Crippen molar-refractivity contribution in [1.29, 1.82) is 0 Å². The summed E-state index contributed by atoms with van der Waals surface area (Å²) in [5.41, 5.74) is -2.57. The first-order valence-electron chi connectivity index (χ1n) is 24.5. The first kappa shape index (κ1) is 18.0. The van der Waals surface area contributed by atoms with Crippen LogP contribution in [0.4, 0.5) is 0 Å². The molecule has 0 bridgehead atoms. The van der Waals surface area contributed by atoms with Crippen LogP contribution in [0.2, 0.25) is 0 Å². The number of benzene rings is 7. The SMILES string of the molecule is [2H]c1c([2H])c([2H])c2c(c1[2H])-c1c(c([2H])c3c4c([2H])c([2H])c([2H])c([2H])c4n(-c4cccc(-c5nc(-c6ccccc6)nc(-c6ccc(-c7ccccc7)cc6)n5)c4)c3c1[2H])C2(C([2H])([2H])[2H])C([2H])([2H])[2H]. The molecule has 0 atom stereocenters. The van der Waals surface area contributed by atoms with Crippen LogP contribution < -0.4 is 0 Å². The molecule has 0 saturated carbocycles. The first-order chi connectivity index (χ1) is 32.2. The third kappa shape index (κ3) is 4.79. The van der Waals surface area contributed by atoms with E-state index in [0.29, 0.717) is 28.3 Å². The van der Waals surface area contributed by atoms with Crippen molar-refractivity contribution >= 4 is 21.8 Å². The Balaban J connectivity index is 1.29. The number of fused-ring (bicyclic) bond motifs is 6. The molecule has 0 amide bonds. The molecule has 246 valence electrons. The summed E-state index contributed by atoms with van der Waals surface area (Å²) in [6, 6.07) is 25.7. The van der Waals surface area contributed by atoms with Crippen molar-refractivity contribution in [2.24, 2.45) is 0 Å². The molecule has 0 unspecified atom stereocenters. The Bertz CT molecular complexity index is 3570. The van der Waals surface area contributed by atoms with Gasteiger partial charge in [0.25, 0.3) is 0 Å². The van der Waals surface area contributed by atoms with Gasteiger partial charge in [0.1, 0.15) is 0 Å². The summed E-state index contributed by atoms with van der Waals surface area (Å²) in [6.45, 7) is -7.24. The Morgan fingerprint density at radius 2 is 1.10 bits per heavy atom. The van der Waals surface area contributed by atoms with E-state index >= 15 is 0 Å². The van der Waals surface area contributed by atoms with Crippen molar-refractivity contribution in [3.63, 3.8) is 0 Å². The maximum absolute atomic E-state index is 9.96. The number of aromatic nitrogens is 4. The number of rotatable bonds is 5. The maximum atomic E-state index is 9.96. The van der Waals surface area contributed by atoms with E-state index < -0.39 is 102 Å². The second kappa shape index (κ2) is 11.7. The third-order valence-electron chi connectivity index (χ3n) is 9.31. The number of para-hydroxylation sites is 1. The first-order valence-corrected chi connectivity index (χ1v) is 16.5. The van der Waals surface area contributed by atoms with Crippen LogP contribution >= 0.6 is 0 Å². The highest BCUT2D eigenvalue weighted by molar-refractivity contribution is 6.11. The zero-order valence-corrected chi connectivity index (χ0v) is 27.2. The molecular weight excluding hydrogens is 633 g/mol. The van der Waals surface area contributed by atoms with Gasteiger partial charge >= 0.3 is 0 Å². The van der Waals surface area contributed by atoms with Crippen LogP contribution in [0.15, 0.2) is 170 Å². The summed E-state index contributed by atoms with van der Waals surface area (Å²) in [6.07, 6.45) is 0. The molecule has 10 rings (SSSR count). The second-order valence-electron chi connectivity index (χ2n) is 12.4. The topological polar surface area (TPSA) is 43.6 Å². The minimum Gasteiger partial charge on any atom is -0.309 e. The summed E-state index contributed by atoms with van der Waals surface area (Å²) < 4.78 is 145. The summed E-state index contributed by atoms with van der Waals surface area (Å²) in [7, 11) is 0. The fraction of sp³-hybridized carbons (Fsp3) is 0.0625. The Morgan fingerprint density at radius 1 is 0.500 bits per heavy atom. The summed E-state index contributed by atoms with van der Waals surface area (Å²) >= 11 is 0. The van der Waals surface area contributed by atoms with Crippen LogP contribution in [0.5, 0.6) is 0 Å². The van der Waals surface area contributed by atoms with Gasteiger partial charge in [-0.25, -0.2) is 15.0 Å². The van der Waals surface area contributed by atoms with Crippen LogP contribution in [0, 0.1) is 0 Å². The highest BCUT2D eigenvalue weighted by atomic mass is 15.0. The molecule has 4 heteroatoms. The van der Waals surface area contributed by atoms with E-state index in [9.17, 15) is 5.48 Å². The molecule has 0 N–H and O–H groups in total. The van der Waals surface area contributed by atoms with E-state index in [2.05, 4.69) is 0 Å². The number of nitrogens with zero attached hydrogens (tertiary/aromatic N) is 4. The van der Waals surface area contributed by atoms with Crippen LogP contribution in [0.3, 0.4) is 0 Å². The highest BCUT2D eigenvalue weighted by Crippen LogP contribution is 2.51. The van der Waals surface area contributed by atoms with Gasteiger partial charge in [-0.3, -0.25) is 0 Å². The molecule has 0 spiro atoms. The van der Waals surface area contributed by atoms with Crippen molar-refractivity contribution in [3.05, 3.63) is 181 Å². The van der Waals surface area contributed by atoms with Gasteiger partial charge in [-0.1, -0.05) is 153 Å². The van der Waals surface area contributed by atoms with Crippen molar-refractivity contribution in [2.45, 2.75) is 19.1 Å². The van der Waals surface area contributed by atoms with E-state index in [0.717, 1.165) is 11.1 Å². The van der Waals surface area contributed by atoms with Gasteiger partial charge in [-0.2, -0.15) is 0 Å². The molecule has 7 aromatic carbocycles. The van der Waals surface area contributed by atoms with Gasteiger partial charge in [0.15, 0.2) is 17.5 Å². The van der Waals surface area contributed by atoms with Crippen LogP contribution in [0.1, 0.15) is 46.8 Å². The van der Waals surface area contributed by atoms with Crippen LogP contribution in [-0.4, -0.2) is 19.5 Å². The van der Waals surface area contributed by atoms with Crippen LogP contribution in [-0.2, 0) is 5.41 Å². The second-order valence-corrected chi connectivity index (χ2v) is 12.4. The molecule has 0 aliphatic heterocycles. The molecule has 0 saturated heterocycles. The quantitative estimate of drug-likeness (QED) is 0.181. The molecule has 1 aliphatic rings. The summed E-state index contributed by atoms with van der Waals surface area (Å²) in [5.74, 6) is 0.874. The monoisotopic (exact) mass is 682 g/mol. The van der Waals surface area contributed by atoms with E-state index in [1.807, 2.05) is 84.9 Å². The zero-order valence-electron chi connectivity index (χ0n) is 43.2. The maximum Gasteiger partial charge on any atom is 0.164 e. The predicted octanol–water partition coefficient (Wildman–Crippen LogP) is 11.9. The van der Waals surface area contributed by atoms with Crippen molar-refractivity contribution in [3.8, 4) is 62.1 Å². The lowest BCUT2D eigenvalue weighted by Crippen LogP contribution is -2.14. The van der Waals surface area contributed by atoms with Crippen molar-refractivity contribution in [1.82, 2.24) is 19.5 Å². The number of hydrogen-bond acceptors (Lipinski definition) is 3. The molecule has 2 aromatic heterocycles. The van der Waals surface area contributed by atoms with Crippen molar-refractivity contribution in [2.75, 3.05) is 0 Å². The molecule has 4 nitrogen and oxygen atoms in total. The zero-order chi connectivity index (χ0) is 48.5. The molecule has 0 radical (unpaired) electrons. The van der Waals surface area contributed by atoms with Gasteiger partial charge in [0.05, 0.1) is 24.7 Å².